The van der Waals surface area contributed by atoms with E-state index >= 15 is 0 Å². The van der Waals surface area contributed by atoms with Gasteiger partial charge in [0.25, 0.3) is 0 Å². The van der Waals surface area contributed by atoms with Gasteiger partial charge in [0.2, 0.25) is 12.1 Å². The zero-order valence-electron chi connectivity index (χ0n) is 23.4. The van der Waals surface area contributed by atoms with Gasteiger partial charge in [-0.2, -0.15) is 0 Å². The van der Waals surface area contributed by atoms with Gasteiger partial charge >= 0.3 is 5.97 Å². The second kappa shape index (κ2) is 10.9. The van der Waals surface area contributed by atoms with E-state index in [9.17, 15) is 9.90 Å². The van der Waals surface area contributed by atoms with Gasteiger partial charge in [0.05, 0.1) is 22.1 Å². The molecule has 1 atom stereocenters. The number of imidazole rings is 2. The molecule has 0 saturated carbocycles. The highest BCUT2D eigenvalue weighted by Gasteiger charge is 2.22. The number of aryl methyl sites for hydroxylation is 3. The predicted octanol–water partition coefficient (Wildman–Crippen LogP) is 6.97. The minimum Gasteiger partial charge on any atom is -0.478 e. The Balaban J connectivity index is 1.35. The molecule has 0 aliphatic rings. The van der Waals surface area contributed by atoms with Gasteiger partial charge in [-0.25, -0.2) is 14.8 Å². The smallest absolute Gasteiger partial charge is 0.349 e. The molecule has 206 valence electrons. The van der Waals surface area contributed by atoms with Crippen LogP contribution in [-0.2, 0) is 24.7 Å². The molecule has 0 spiro atoms. The van der Waals surface area contributed by atoms with Crippen molar-refractivity contribution in [3.05, 3.63) is 119 Å². The molecule has 41 heavy (non-hydrogen) atoms. The maximum Gasteiger partial charge on any atom is 0.349 e. The van der Waals surface area contributed by atoms with Crippen LogP contribution in [0, 0.1) is 6.92 Å². The molecule has 0 radical (unpaired) electrons. The minimum atomic E-state index is -1.07. The zero-order valence-corrected chi connectivity index (χ0v) is 23.4. The summed E-state index contributed by atoms with van der Waals surface area (Å²) >= 11 is 0. The summed E-state index contributed by atoms with van der Waals surface area (Å²) in [6, 6.07) is 29.2. The van der Waals surface area contributed by atoms with Crippen molar-refractivity contribution >= 4 is 28.0 Å². The van der Waals surface area contributed by atoms with Gasteiger partial charge in [0, 0.05) is 19.0 Å². The molecule has 6 rings (SSSR count). The molecule has 0 saturated heterocycles. The van der Waals surface area contributed by atoms with Crippen LogP contribution in [0.2, 0.25) is 0 Å². The summed E-state index contributed by atoms with van der Waals surface area (Å²) in [5.41, 5.74) is 8.05. The van der Waals surface area contributed by atoms with Crippen molar-refractivity contribution in [1.29, 1.82) is 0 Å². The van der Waals surface area contributed by atoms with Crippen molar-refractivity contribution in [1.82, 2.24) is 19.1 Å². The first-order chi connectivity index (χ1) is 19.9. The van der Waals surface area contributed by atoms with Crippen LogP contribution in [0.25, 0.3) is 28.0 Å². The zero-order chi connectivity index (χ0) is 28.5. The number of fused-ring (bicyclic) bond motifs is 2. The number of benzene rings is 4. The normalized spacial score (nSPS) is 12.2. The highest BCUT2D eigenvalue weighted by atomic mass is 16.5. The van der Waals surface area contributed by atoms with E-state index in [1.54, 1.807) is 12.1 Å². The average molecular weight is 545 g/mol. The fraction of sp³-hybridized carbons (Fsp3) is 0.206. The van der Waals surface area contributed by atoms with Crippen molar-refractivity contribution in [2.24, 2.45) is 7.05 Å². The van der Waals surface area contributed by atoms with Gasteiger partial charge in [-0.15, -0.1) is 0 Å². The van der Waals surface area contributed by atoms with Crippen LogP contribution in [0.4, 0.5) is 0 Å². The van der Waals surface area contributed by atoms with E-state index in [0.29, 0.717) is 17.7 Å². The fourth-order valence-electron chi connectivity index (χ4n) is 5.46. The number of aromatic nitrogens is 4. The maximum atomic E-state index is 11.9. The summed E-state index contributed by atoms with van der Waals surface area (Å²) in [4.78, 5) is 22.0. The highest BCUT2D eigenvalue weighted by molar-refractivity contribution is 5.84. The Morgan fingerprint density at radius 3 is 2.37 bits per heavy atom. The van der Waals surface area contributed by atoms with Gasteiger partial charge in [-0.05, 0) is 66.8 Å². The van der Waals surface area contributed by atoms with E-state index in [0.717, 1.165) is 63.4 Å². The van der Waals surface area contributed by atoms with E-state index < -0.39 is 12.1 Å². The number of aliphatic carboxylic acids is 1. The molecular formula is C34H32N4O3. The Labute approximate surface area is 238 Å². The Kier molecular flexibility index (Phi) is 7.01. The van der Waals surface area contributed by atoms with Gasteiger partial charge in [0.1, 0.15) is 11.6 Å². The monoisotopic (exact) mass is 544 g/mol. The quantitative estimate of drug-likeness (QED) is 0.213. The Bertz CT molecular complexity index is 1850. The van der Waals surface area contributed by atoms with Crippen LogP contribution >= 0.6 is 0 Å². The highest BCUT2D eigenvalue weighted by Crippen LogP contribution is 2.30. The first-order valence-electron chi connectivity index (χ1n) is 13.9. The van der Waals surface area contributed by atoms with E-state index in [4.69, 9.17) is 14.7 Å². The Hall–Kier alpha value is -4.91. The molecule has 6 aromatic rings. The van der Waals surface area contributed by atoms with E-state index in [2.05, 4.69) is 48.2 Å². The van der Waals surface area contributed by atoms with Gasteiger partial charge < -0.3 is 14.4 Å². The van der Waals surface area contributed by atoms with Crippen LogP contribution in [0.3, 0.4) is 0 Å². The Morgan fingerprint density at radius 2 is 1.66 bits per heavy atom. The Morgan fingerprint density at radius 1 is 0.927 bits per heavy atom. The van der Waals surface area contributed by atoms with Crippen molar-refractivity contribution < 1.29 is 14.6 Å². The molecule has 7 nitrogen and oxygen atoms in total. The van der Waals surface area contributed by atoms with Crippen molar-refractivity contribution in [3.8, 4) is 11.7 Å². The van der Waals surface area contributed by atoms with Crippen LogP contribution in [0.5, 0.6) is 5.75 Å². The van der Waals surface area contributed by atoms with Gasteiger partial charge in [-0.3, -0.25) is 4.57 Å². The van der Waals surface area contributed by atoms with Crippen molar-refractivity contribution in [3.63, 3.8) is 0 Å². The molecule has 0 aliphatic heterocycles. The third-order valence-electron chi connectivity index (χ3n) is 7.39. The summed E-state index contributed by atoms with van der Waals surface area (Å²) < 4.78 is 10.2. The number of hydrogen-bond acceptors (Lipinski definition) is 4. The number of nitrogens with zero attached hydrogens (tertiary/aromatic N) is 4. The largest absolute Gasteiger partial charge is 0.478 e. The number of rotatable bonds is 9. The first-order valence-corrected chi connectivity index (χ1v) is 13.9. The topological polar surface area (TPSA) is 82.2 Å². The maximum absolute atomic E-state index is 11.9. The van der Waals surface area contributed by atoms with E-state index in [1.807, 2.05) is 60.7 Å². The van der Waals surface area contributed by atoms with Crippen LogP contribution < -0.4 is 4.74 Å². The van der Waals surface area contributed by atoms with Gasteiger partial charge in [0.15, 0.2) is 0 Å². The number of para-hydroxylation sites is 2. The number of carbonyl (C=O) groups is 1. The number of hydrogen-bond donors (Lipinski definition) is 1. The van der Waals surface area contributed by atoms with Crippen LogP contribution in [0.1, 0.15) is 47.5 Å². The molecule has 7 heteroatoms. The summed E-state index contributed by atoms with van der Waals surface area (Å²) in [6.07, 6.45) is 1.44. The van der Waals surface area contributed by atoms with Crippen LogP contribution in [0.15, 0.2) is 91.0 Å². The fourth-order valence-corrected chi connectivity index (χ4v) is 5.46. The first kappa shape index (κ1) is 26.3. The third-order valence-corrected chi connectivity index (χ3v) is 7.39. The molecule has 0 amide bonds. The number of carboxylic acids is 1. The van der Waals surface area contributed by atoms with Crippen LogP contribution in [-0.4, -0.2) is 30.2 Å². The van der Waals surface area contributed by atoms with E-state index in [-0.39, 0.29) is 0 Å². The SMILES string of the molecule is CCCc1nc2c(Cc3ccc(OC(C(=O)O)c4ccccc4)cc3)cc(C)cc2n1-c1nc2ccccc2n1C. The number of carboxylic acid groups (broad SMARTS) is 1. The van der Waals surface area contributed by atoms with Crippen molar-refractivity contribution in [2.75, 3.05) is 0 Å². The predicted molar refractivity (Wildman–Crippen MR) is 161 cm³/mol. The second-order valence-corrected chi connectivity index (χ2v) is 10.4. The third kappa shape index (κ3) is 5.07. The molecule has 2 heterocycles. The lowest BCUT2D eigenvalue weighted by atomic mass is 10.0. The minimum absolute atomic E-state index is 0.510. The molecule has 2 aromatic heterocycles. The lowest BCUT2D eigenvalue weighted by molar-refractivity contribution is -0.145. The lowest BCUT2D eigenvalue weighted by Gasteiger charge is -2.16. The molecule has 4 aromatic carbocycles. The summed E-state index contributed by atoms with van der Waals surface area (Å²) in [7, 11) is 2.05. The lowest BCUT2D eigenvalue weighted by Crippen LogP contribution is -2.18. The standard InChI is InChI=1S/C34H32N4O3/c1-4-10-30-36-31-25(19-22(2)20-29(31)38(30)34-35-27-13-8-9-14-28(27)37(34)3)21-23-15-17-26(18-16-23)41-32(33(39)40)24-11-6-5-7-12-24/h5-9,11-20,32H,4,10,21H2,1-3H3,(H,39,40). The summed E-state index contributed by atoms with van der Waals surface area (Å²) in [5.74, 6) is 1.34. The molecule has 0 bridgehead atoms. The number of ether oxygens (including phenoxy) is 1. The average Bonchev–Trinajstić information content (AvgIpc) is 3.49. The molecule has 1 N–H and O–H groups in total. The van der Waals surface area contributed by atoms with E-state index in [1.165, 1.54) is 0 Å². The van der Waals surface area contributed by atoms with Crippen molar-refractivity contribution in [2.45, 2.75) is 39.2 Å². The molecular weight excluding hydrogens is 512 g/mol. The summed E-state index contributed by atoms with van der Waals surface area (Å²) in [5, 5.41) is 9.73. The molecule has 0 aliphatic carbocycles. The molecule has 1 unspecified atom stereocenters. The summed E-state index contributed by atoms with van der Waals surface area (Å²) in [6.45, 7) is 4.28. The van der Waals surface area contributed by atoms with Gasteiger partial charge in [-0.1, -0.05) is 67.6 Å². The molecule has 0 fully saturated rings. The second-order valence-electron chi connectivity index (χ2n) is 10.4.